The molecule has 0 aliphatic rings. The third-order valence-corrected chi connectivity index (χ3v) is 2.67. The molecule has 4 nitrogen and oxygen atoms in total. The molecule has 1 amide bonds. The second kappa shape index (κ2) is 7.06. The maximum absolute atomic E-state index is 13.0. The fourth-order valence-electron chi connectivity index (χ4n) is 1.61. The molecule has 0 saturated carbocycles. The van der Waals surface area contributed by atoms with Crippen molar-refractivity contribution in [2.45, 2.75) is 39.3 Å². The number of pyridine rings is 1. The van der Waals surface area contributed by atoms with Crippen molar-refractivity contribution >= 4 is 5.91 Å². The molecule has 0 aliphatic heterocycles. The molecule has 0 saturated heterocycles. The van der Waals surface area contributed by atoms with E-state index in [2.05, 4.69) is 15.6 Å². The highest BCUT2D eigenvalue weighted by Crippen LogP contribution is 2.12. The topological polar surface area (TPSA) is 54.0 Å². The Morgan fingerprint density at radius 3 is 2.78 bits per heavy atom. The van der Waals surface area contributed by atoms with Gasteiger partial charge in [0.1, 0.15) is 5.82 Å². The largest absolute Gasteiger partial charge is 0.355 e. The van der Waals surface area contributed by atoms with Gasteiger partial charge in [0.05, 0.1) is 12.2 Å². The summed E-state index contributed by atoms with van der Waals surface area (Å²) in [5.41, 5.74) is 0.727. The van der Waals surface area contributed by atoms with E-state index in [1.807, 2.05) is 13.8 Å². The van der Waals surface area contributed by atoms with Gasteiger partial charge in [-0.05, 0) is 31.9 Å². The lowest BCUT2D eigenvalue weighted by Crippen LogP contribution is -2.43. The van der Waals surface area contributed by atoms with Gasteiger partial charge in [0, 0.05) is 18.8 Å². The first-order valence-corrected chi connectivity index (χ1v) is 6.18. The normalized spacial score (nSPS) is 14.0. The first-order valence-electron chi connectivity index (χ1n) is 6.18. The van der Waals surface area contributed by atoms with Crippen molar-refractivity contribution in [3.63, 3.8) is 0 Å². The molecule has 0 radical (unpaired) electrons. The fourth-order valence-corrected chi connectivity index (χ4v) is 1.61. The zero-order valence-corrected chi connectivity index (χ0v) is 11.0. The molecule has 100 valence electrons. The van der Waals surface area contributed by atoms with E-state index >= 15 is 0 Å². The predicted octanol–water partition coefficient (Wildman–Crippen LogP) is 1.79. The summed E-state index contributed by atoms with van der Waals surface area (Å²) in [4.78, 5) is 15.5. The van der Waals surface area contributed by atoms with Crippen LogP contribution < -0.4 is 10.6 Å². The minimum Gasteiger partial charge on any atom is -0.355 e. The second-order valence-corrected chi connectivity index (χ2v) is 4.34. The number of nitrogens with zero attached hydrogens (tertiary/aromatic N) is 1. The predicted molar refractivity (Wildman–Crippen MR) is 68.5 cm³/mol. The highest BCUT2D eigenvalue weighted by Gasteiger charge is 2.16. The summed E-state index contributed by atoms with van der Waals surface area (Å²) in [6.07, 6.45) is 3.66. The third-order valence-electron chi connectivity index (χ3n) is 2.67. The van der Waals surface area contributed by atoms with Crippen molar-refractivity contribution in [3.05, 3.63) is 29.8 Å². The Balaban J connectivity index is 2.53. The van der Waals surface area contributed by atoms with Gasteiger partial charge in [-0.2, -0.15) is 0 Å². The molecule has 0 aromatic carbocycles. The Hall–Kier alpha value is -1.49. The maximum Gasteiger partial charge on any atom is 0.236 e. The van der Waals surface area contributed by atoms with Gasteiger partial charge in [-0.1, -0.05) is 6.92 Å². The monoisotopic (exact) mass is 253 g/mol. The second-order valence-electron chi connectivity index (χ2n) is 4.34. The summed E-state index contributed by atoms with van der Waals surface area (Å²) in [6, 6.07) is 0.965. The summed E-state index contributed by atoms with van der Waals surface area (Å²) in [7, 11) is 0. The Labute approximate surface area is 107 Å². The molecule has 1 rings (SSSR count). The van der Waals surface area contributed by atoms with Crippen molar-refractivity contribution in [2.75, 3.05) is 6.54 Å². The van der Waals surface area contributed by atoms with Crippen molar-refractivity contribution in [1.82, 2.24) is 15.6 Å². The third kappa shape index (κ3) is 4.41. The molecule has 0 bridgehead atoms. The van der Waals surface area contributed by atoms with Crippen LogP contribution in [0.2, 0.25) is 0 Å². The first kappa shape index (κ1) is 14.6. The van der Waals surface area contributed by atoms with Gasteiger partial charge in [0.15, 0.2) is 0 Å². The molecule has 1 heterocycles. The number of rotatable bonds is 6. The summed E-state index contributed by atoms with van der Waals surface area (Å²) in [6.45, 7) is 6.33. The van der Waals surface area contributed by atoms with Crippen LogP contribution in [0.25, 0.3) is 0 Å². The molecular weight excluding hydrogens is 233 g/mol. The van der Waals surface area contributed by atoms with Gasteiger partial charge in [0.25, 0.3) is 0 Å². The molecule has 2 unspecified atom stereocenters. The molecule has 0 spiro atoms. The van der Waals surface area contributed by atoms with Crippen LogP contribution in [0.4, 0.5) is 4.39 Å². The van der Waals surface area contributed by atoms with Crippen LogP contribution in [0.15, 0.2) is 18.5 Å². The first-order chi connectivity index (χ1) is 8.54. The van der Waals surface area contributed by atoms with Gasteiger partial charge in [-0.15, -0.1) is 0 Å². The highest BCUT2D eigenvalue weighted by molar-refractivity contribution is 5.81. The number of amides is 1. The summed E-state index contributed by atoms with van der Waals surface area (Å²) in [5, 5.41) is 5.92. The number of halogens is 1. The van der Waals surface area contributed by atoms with Crippen molar-refractivity contribution in [2.24, 2.45) is 0 Å². The molecular formula is C13H20FN3O. The fraction of sp³-hybridized carbons (Fsp3) is 0.538. The van der Waals surface area contributed by atoms with E-state index in [-0.39, 0.29) is 23.8 Å². The van der Waals surface area contributed by atoms with Gasteiger partial charge >= 0.3 is 0 Å². The van der Waals surface area contributed by atoms with Crippen LogP contribution in [0.3, 0.4) is 0 Å². The lowest BCUT2D eigenvalue weighted by atomic mass is 10.1. The standard InChI is InChI=1S/C13H20FN3O/c1-4-5-16-13(18)10(3)17-9(2)11-6-12(14)8-15-7-11/h6-10,17H,4-5H2,1-3H3,(H,16,18). The van der Waals surface area contributed by atoms with Crippen LogP contribution in [-0.2, 0) is 4.79 Å². The average molecular weight is 253 g/mol. The van der Waals surface area contributed by atoms with E-state index < -0.39 is 0 Å². The van der Waals surface area contributed by atoms with E-state index in [1.165, 1.54) is 6.07 Å². The number of nitrogens with one attached hydrogen (secondary N) is 2. The van der Waals surface area contributed by atoms with E-state index in [1.54, 1.807) is 13.1 Å². The minimum atomic E-state index is -0.371. The van der Waals surface area contributed by atoms with Gasteiger partial charge in [-0.3, -0.25) is 15.1 Å². The highest BCUT2D eigenvalue weighted by atomic mass is 19.1. The molecule has 2 atom stereocenters. The van der Waals surface area contributed by atoms with Crippen LogP contribution in [0.1, 0.15) is 38.8 Å². The quantitative estimate of drug-likeness (QED) is 0.812. The van der Waals surface area contributed by atoms with E-state index in [0.717, 1.165) is 18.2 Å². The molecule has 5 heteroatoms. The van der Waals surface area contributed by atoms with E-state index in [9.17, 15) is 9.18 Å². The molecule has 2 N–H and O–H groups in total. The van der Waals surface area contributed by atoms with Crippen LogP contribution >= 0.6 is 0 Å². The lowest BCUT2D eigenvalue weighted by Gasteiger charge is -2.19. The zero-order valence-electron chi connectivity index (χ0n) is 11.0. The van der Waals surface area contributed by atoms with Crippen molar-refractivity contribution in [1.29, 1.82) is 0 Å². The van der Waals surface area contributed by atoms with E-state index in [0.29, 0.717) is 6.54 Å². The smallest absolute Gasteiger partial charge is 0.236 e. The van der Waals surface area contributed by atoms with Crippen molar-refractivity contribution in [3.8, 4) is 0 Å². The van der Waals surface area contributed by atoms with Gasteiger partial charge in [-0.25, -0.2) is 4.39 Å². The minimum absolute atomic E-state index is 0.0481. The number of hydrogen-bond donors (Lipinski definition) is 2. The number of aromatic nitrogens is 1. The van der Waals surface area contributed by atoms with Gasteiger partial charge < -0.3 is 5.32 Å². The Morgan fingerprint density at radius 2 is 2.17 bits per heavy atom. The molecule has 18 heavy (non-hydrogen) atoms. The van der Waals surface area contributed by atoms with E-state index in [4.69, 9.17) is 0 Å². The van der Waals surface area contributed by atoms with Crippen LogP contribution in [0.5, 0.6) is 0 Å². The zero-order chi connectivity index (χ0) is 13.5. The molecule has 0 fully saturated rings. The SMILES string of the molecule is CCCNC(=O)C(C)NC(C)c1cncc(F)c1. The average Bonchev–Trinajstić information content (AvgIpc) is 2.35. The lowest BCUT2D eigenvalue weighted by molar-refractivity contribution is -0.122. The Bertz CT molecular complexity index is 398. The number of carbonyl (C=O) groups excluding carboxylic acids is 1. The van der Waals surface area contributed by atoms with Crippen LogP contribution in [-0.4, -0.2) is 23.5 Å². The Kier molecular flexibility index (Phi) is 5.71. The van der Waals surface area contributed by atoms with Gasteiger partial charge in [0.2, 0.25) is 5.91 Å². The summed E-state index contributed by atoms with van der Waals surface area (Å²) >= 11 is 0. The Morgan fingerprint density at radius 1 is 1.44 bits per heavy atom. The van der Waals surface area contributed by atoms with Crippen molar-refractivity contribution < 1.29 is 9.18 Å². The summed E-state index contributed by atoms with van der Waals surface area (Å²) in [5.74, 6) is -0.419. The molecule has 1 aromatic rings. The number of carbonyl (C=O) groups is 1. The van der Waals surface area contributed by atoms with Crippen LogP contribution in [0, 0.1) is 5.82 Å². The number of hydrogen-bond acceptors (Lipinski definition) is 3. The molecule has 1 aromatic heterocycles. The molecule has 0 aliphatic carbocycles. The summed E-state index contributed by atoms with van der Waals surface area (Å²) < 4.78 is 13.0. The maximum atomic E-state index is 13.0.